The van der Waals surface area contributed by atoms with Crippen molar-refractivity contribution in [2.75, 3.05) is 39.3 Å². The van der Waals surface area contributed by atoms with Crippen molar-refractivity contribution in [3.63, 3.8) is 0 Å². The van der Waals surface area contributed by atoms with Crippen molar-refractivity contribution in [2.24, 2.45) is 0 Å². The smallest absolute Gasteiger partial charge is 0.241 e. The van der Waals surface area contributed by atoms with Gasteiger partial charge in [-0.05, 0) is 24.4 Å². The summed E-state index contributed by atoms with van der Waals surface area (Å²) in [7, 11) is 0. The first-order chi connectivity index (χ1) is 10.9. The van der Waals surface area contributed by atoms with Gasteiger partial charge in [-0.2, -0.15) is 4.98 Å². The molecule has 1 atom stereocenters. The van der Waals surface area contributed by atoms with Gasteiger partial charge in [0.25, 0.3) is 0 Å². The van der Waals surface area contributed by atoms with Crippen LogP contribution >= 0.6 is 11.3 Å². The van der Waals surface area contributed by atoms with Gasteiger partial charge in [0.1, 0.15) is 0 Å². The number of hydrogen-bond acceptors (Lipinski definition) is 7. The number of nitrogens with one attached hydrogen (secondary N) is 1. The van der Waals surface area contributed by atoms with Crippen LogP contribution in [0.15, 0.2) is 22.0 Å². The van der Waals surface area contributed by atoms with Crippen molar-refractivity contribution in [1.29, 1.82) is 0 Å². The molecule has 6 nitrogen and oxygen atoms in total. The maximum Gasteiger partial charge on any atom is 0.241 e. The molecule has 2 aromatic heterocycles. The molecule has 0 aliphatic carbocycles. The lowest BCUT2D eigenvalue weighted by atomic mass is 10.2. The van der Waals surface area contributed by atoms with Gasteiger partial charge in [-0.25, -0.2) is 0 Å². The van der Waals surface area contributed by atoms with E-state index in [0.717, 1.165) is 56.1 Å². The maximum absolute atomic E-state index is 5.40. The second-order valence-corrected chi connectivity index (χ2v) is 6.90. The minimum absolute atomic E-state index is 0.709. The molecule has 0 spiro atoms. The van der Waals surface area contributed by atoms with E-state index in [2.05, 4.69) is 25.3 Å². The first-order valence-corrected chi connectivity index (χ1v) is 8.80. The molecule has 2 saturated heterocycles. The molecular formula is C15H21N5OS. The van der Waals surface area contributed by atoms with Crippen LogP contribution in [0.2, 0.25) is 0 Å². The van der Waals surface area contributed by atoms with Crippen molar-refractivity contribution < 1.29 is 4.52 Å². The SMILES string of the molecule is c1csc(-c2noc(CN3CCN(C4CCNC4)CC3)n2)c1. The predicted molar refractivity (Wildman–Crippen MR) is 85.7 cm³/mol. The van der Waals surface area contributed by atoms with Crippen molar-refractivity contribution in [1.82, 2.24) is 25.3 Å². The van der Waals surface area contributed by atoms with Crippen LogP contribution in [-0.2, 0) is 6.54 Å². The maximum atomic E-state index is 5.40. The van der Waals surface area contributed by atoms with Gasteiger partial charge >= 0.3 is 0 Å². The van der Waals surface area contributed by atoms with E-state index < -0.39 is 0 Å². The molecule has 2 fully saturated rings. The predicted octanol–water partition coefficient (Wildman–Crippen LogP) is 1.28. The molecule has 1 N–H and O–H groups in total. The van der Waals surface area contributed by atoms with Crippen LogP contribution in [-0.4, -0.2) is 65.3 Å². The highest BCUT2D eigenvalue weighted by atomic mass is 32.1. The fraction of sp³-hybridized carbons (Fsp3) is 0.600. The van der Waals surface area contributed by atoms with E-state index in [-0.39, 0.29) is 0 Å². The van der Waals surface area contributed by atoms with E-state index in [1.165, 1.54) is 13.0 Å². The fourth-order valence-corrected chi connectivity index (χ4v) is 3.90. The molecule has 2 aliphatic heterocycles. The zero-order valence-electron chi connectivity index (χ0n) is 12.6. The minimum atomic E-state index is 0.709. The van der Waals surface area contributed by atoms with Gasteiger partial charge in [0.2, 0.25) is 11.7 Å². The Morgan fingerprint density at radius 3 is 2.95 bits per heavy atom. The highest BCUT2D eigenvalue weighted by Gasteiger charge is 2.26. The first-order valence-electron chi connectivity index (χ1n) is 7.92. The summed E-state index contributed by atoms with van der Waals surface area (Å²) < 4.78 is 5.40. The Bertz CT molecular complexity index is 585. The van der Waals surface area contributed by atoms with E-state index in [1.54, 1.807) is 11.3 Å². The van der Waals surface area contributed by atoms with Crippen molar-refractivity contribution in [3.8, 4) is 10.7 Å². The molecule has 118 valence electrons. The Kier molecular flexibility index (Phi) is 4.20. The van der Waals surface area contributed by atoms with Crippen LogP contribution in [0.4, 0.5) is 0 Å². The van der Waals surface area contributed by atoms with Crippen LogP contribution in [0.3, 0.4) is 0 Å². The average Bonchev–Trinajstić information content (AvgIpc) is 3.30. The first kappa shape index (κ1) is 14.3. The third kappa shape index (κ3) is 3.08. The highest BCUT2D eigenvalue weighted by molar-refractivity contribution is 7.13. The lowest BCUT2D eigenvalue weighted by Crippen LogP contribution is -2.50. The molecule has 0 bridgehead atoms. The number of hydrogen-bond donors (Lipinski definition) is 1. The number of nitrogens with zero attached hydrogens (tertiary/aromatic N) is 4. The number of piperazine rings is 1. The Hall–Kier alpha value is -1.28. The molecule has 4 heterocycles. The topological polar surface area (TPSA) is 57.4 Å². The van der Waals surface area contributed by atoms with Crippen LogP contribution in [0, 0.1) is 0 Å². The molecule has 4 rings (SSSR count). The summed E-state index contributed by atoms with van der Waals surface area (Å²) in [5, 5.41) is 9.56. The molecule has 22 heavy (non-hydrogen) atoms. The van der Waals surface area contributed by atoms with Gasteiger partial charge in [0.05, 0.1) is 11.4 Å². The minimum Gasteiger partial charge on any atom is -0.338 e. The van der Waals surface area contributed by atoms with Gasteiger partial charge < -0.3 is 9.84 Å². The van der Waals surface area contributed by atoms with E-state index in [4.69, 9.17) is 4.52 Å². The summed E-state index contributed by atoms with van der Waals surface area (Å²) in [6, 6.07) is 4.76. The molecular weight excluding hydrogens is 298 g/mol. The molecule has 7 heteroatoms. The second-order valence-electron chi connectivity index (χ2n) is 5.95. The number of aromatic nitrogens is 2. The summed E-state index contributed by atoms with van der Waals surface area (Å²) in [4.78, 5) is 10.6. The zero-order valence-corrected chi connectivity index (χ0v) is 13.4. The Morgan fingerprint density at radius 1 is 1.32 bits per heavy atom. The van der Waals surface area contributed by atoms with E-state index >= 15 is 0 Å². The standard InChI is InChI=1S/C15H21N5OS/c1-2-13(22-9-1)15-17-14(21-18-15)11-19-5-7-20(8-6-19)12-3-4-16-10-12/h1-2,9,12,16H,3-8,10-11H2. The van der Waals surface area contributed by atoms with Crippen LogP contribution < -0.4 is 5.32 Å². The normalized spacial score (nSPS) is 24.1. The van der Waals surface area contributed by atoms with Gasteiger partial charge in [-0.15, -0.1) is 11.3 Å². The van der Waals surface area contributed by atoms with Gasteiger partial charge in [0.15, 0.2) is 0 Å². The quantitative estimate of drug-likeness (QED) is 0.916. The summed E-state index contributed by atoms with van der Waals surface area (Å²) in [6.45, 7) is 7.50. The van der Waals surface area contributed by atoms with Gasteiger partial charge in [-0.3, -0.25) is 9.80 Å². The fourth-order valence-electron chi connectivity index (χ4n) is 3.25. The van der Waals surface area contributed by atoms with Crippen LogP contribution in [0.25, 0.3) is 10.7 Å². The molecule has 1 unspecified atom stereocenters. The third-order valence-corrected chi connectivity index (χ3v) is 5.39. The average molecular weight is 319 g/mol. The lowest BCUT2D eigenvalue weighted by molar-refractivity contribution is 0.0908. The van der Waals surface area contributed by atoms with E-state index in [1.807, 2.05) is 17.5 Å². The molecule has 0 aromatic carbocycles. The summed E-state index contributed by atoms with van der Waals surface area (Å²) in [5.41, 5.74) is 0. The van der Waals surface area contributed by atoms with Crippen molar-refractivity contribution in [3.05, 3.63) is 23.4 Å². The lowest BCUT2D eigenvalue weighted by Gasteiger charge is -2.37. The van der Waals surface area contributed by atoms with Gasteiger partial charge in [-0.1, -0.05) is 11.2 Å². The highest BCUT2D eigenvalue weighted by Crippen LogP contribution is 2.22. The van der Waals surface area contributed by atoms with Crippen LogP contribution in [0.5, 0.6) is 0 Å². The van der Waals surface area contributed by atoms with E-state index in [0.29, 0.717) is 5.82 Å². The second kappa shape index (κ2) is 6.45. The van der Waals surface area contributed by atoms with Crippen LogP contribution in [0.1, 0.15) is 12.3 Å². The molecule has 0 saturated carbocycles. The number of thiophene rings is 1. The van der Waals surface area contributed by atoms with Crippen molar-refractivity contribution >= 4 is 11.3 Å². The Balaban J connectivity index is 1.31. The van der Waals surface area contributed by atoms with Gasteiger partial charge in [0, 0.05) is 38.8 Å². The summed E-state index contributed by atoms with van der Waals surface area (Å²) in [6.07, 6.45) is 1.29. The molecule has 0 amide bonds. The molecule has 0 radical (unpaired) electrons. The third-order valence-electron chi connectivity index (χ3n) is 4.53. The van der Waals surface area contributed by atoms with Crippen molar-refractivity contribution in [2.45, 2.75) is 19.0 Å². The van der Waals surface area contributed by atoms with E-state index in [9.17, 15) is 0 Å². The zero-order chi connectivity index (χ0) is 14.8. The Morgan fingerprint density at radius 2 is 2.23 bits per heavy atom. The summed E-state index contributed by atoms with van der Waals surface area (Å²) >= 11 is 1.64. The summed E-state index contributed by atoms with van der Waals surface area (Å²) in [5.74, 6) is 1.43. The number of rotatable bonds is 4. The Labute approximate surface area is 134 Å². The monoisotopic (exact) mass is 319 g/mol. The molecule has 2 aliphatic rings. The largest absolute Gasteiger partial charge is 0.338 e. The molecule has 2 aromatic rings.